The van der Waals surface area contributed by atoms with E-state index in [9.17, 15) is 9.59 Å². The second-order valence-corrected chi connectivity index (χ2v) is 5.14. The van der Waals surface area contributed by atoms with Crippen LogP contribution in [0.1, 0.15) is 31.8 Å². The lowest BCUT2D eigenvalue weighted by Gasteiger charge is -2.01. The molecule has 144 valence electrons. The number of esters is 1. The number of nitrogens with one attached hydrogen (secondary N) is 1. The molecule has 0 saturated heterocycles. The highest BCUT2D eigenvalue weighted by Crippen LogP contribution is 2.08. The average Bonchev–Trinajstić information content (AvgIpc) is 2.75. The number of hydrogen-bond acceptors (Lipinski definition) is 6. The van der Waals surface area contributed by atoms with E-state index in [0.717, 1.165) is 11.1 Å². The van der Waals surface area contributed by atoms with Crippen LogP contribution in [0, 0.1) is 0 Å². The van der Waals surface area contributed by atoms with E-state index < -0.39 is 5.97 Å². The fourth-order valence-electron chi connectivity index (χ4n) is 2.04. The van der Waals surface area contributed by atoms with Crippen molar-refractivity contribution < 1.29 is 14.3 Å². The third-order valence-electron chi connectivity index (χ3n) is 3.30. The van der Waals surface area contributed by atoms with Crippen molar-refractivity contribution in [1.82, 2.24) is 5.43 Å². The SMILES string of the molecule is COC(=O)c1cccc(CN=[N+]=[N-])c1.[N-]=[N+]=NCc1cccc(C(=O)NN)c1. The molecule has 11 nitrogen and oxygen atoms in total. The van der Waals surface area contributed by atoms with Gasteiger partial charge in [-0.3, -0.25) is 10.2 Å². The topological polar surface area (TPSA) is 179 Å². The van der Waals surface area contributed by atoms with Crippen molar-refractivity contribution in [3.8, 4) is 0 Å². The molecule has 2 aromatic carbocycles. The Balaban J connectivity index is 0.000000280. The maximum Gasteiger partial charge on any atom is 0.337 e. The van der Waals surface area contributed by atoms with Gasteiger partial charge in [0.1, 0.15) is 0 Å². The number of hydrogen-bond donors (Lipinski definition) is 2. The van der Waals surface area contributed by atoms with Crippen molar-refractivity contribution in [3.05, 3.63) is 91.7 Å². The Morgan fingerprint density at radius 2 is 1.50 bits per heavy atom. The summed E-state index contributed by atoms with van der Waals surface area (Å²) in [6.45, 7) is 0.462. The number of rotatable bonds is 6. The number of methoxy groups -OCH3 is 1. The van der Waals surface area contributed by atoms with E-state index in [1.807, 2.05) is 5.43 Å². The first-order valence-corrected chi connectivity index (χ1v) is 7.84. The van der Waals surface area contributed by atoms with Crippen LogP contribution in [-0.4, -0.2) is 19.0 Å². The molecule has 0 saturated carbocycles. The molecule has 11 heteroatoms. The van der Waals surface area contributed by atoms with Gasteiger partial charge in [0.2, 0.25) is 0 Å². The van der Waals surface area contributed by atoms with Crippen LogP contribution in [0.4, 0.5) is 0 Å². The lowest BCUT2D eigenvalue weighted by Crippen LogP contribution is -2.29. The number of nitrogens with zero attached hydrogens (tertiary/aromatic N) is 6. The van der Waals surface area contributed by atoms with Crippen LogP contribution in [-0.2, 0) is 17.8 Å². The van der Waals surface area contributed by atoms with Gasteiger partial charge in [0.15, 0.2) is 0 Å². The van der Waals surface area contributed by atoms with Crippen molar-refractivity contribution in [2.75, 3.05) is 7.11 Å². The molecule has 0 aliphatic carbocycles. The lowest BCUT2D eigenvalue weighted by molar-refractivity contribution is 0.0600. The molecule has 2 rings (SSSR count). The fraction of sp³-hybridized carbons (Fsp3) is 0.176. The van der Waals surface area contributed by atoms with Crippen molar-refractivity contribution in [3.63, 3.8) is 0 Å². The summed E-state index contributed by atoms with van der Waals surface area (Å²) in [6, 6.07) is 13.5. The van der Waals surface area contributed by atoms with Gasteiger partial charge in [0.25, 0.3) is 5.91 Å². The number of nitrogens with two attached hydrogens (primary N) is 1. The molecule has 0 heterocycles. The number of nitrogen functional groups attached to an aromatic ring is 1. The highest BCUT2D eigenvalue weighted by molar-refractivity contribution is 5.93. The number of carbonyl (C=O) groups excluding carboxylic acids is 2. The molecule has 28 heavy (non-hydrogen) atoms. The van der Waals surface area contributed by atoms with Crippen molar-refractivity contribution in [2.45, 2.75) is 13.1 Å². The monoisotopic (exact) mass is 382 g/mol. The minimum Gasteiger partial charge on any atom is -0.465 e. The van der Waals surface area contributed by atoms with E-state index in [2.05, 4.69) is 24.8 Å². The maximum atomic E-state index is 11.1. The molecule has 0 atom stereocenters. The lowest BCUT2D eigenvalue weighted by atomic mass is 10.1. The number of amides is 1. The van der Waals surface area contributed by atoms with Gasteiger partial charge in [0, 0.05) is 15.4 Å². The van der Waals surface area contributed by atoms with E-state index in [1.54, 1.807) is 48.5 Å². The standard InChI is InChI=1S/C9H9N3O2.C8H9N5O/c1-14-9(13)8-4-2-3-7(5-8)6-11-12-10;9-12-8(14)7-3-1-2-6(4-7)5-11-13-10/h2-5H,6H2,1H3;1-4H,5,9H2,(H,12,14). The molecular formula is C17H18N8O3. The Morgan fingerprint density at radius 1 is 1.00 bits per heavy atom. The molecule has 0 spiro atoms. The molecule has 0 aromatic heterocycles. The quantitative estimate of drug-likeness (QED) is 0.148. The Bertz CT molecular complexity index is 843. The van der Waals surface area contributed by atoms with Crippen molar-refractivity contribution in [1.29, 1.82) is 0 Å². The van der Waals surface area contributed by atoms with E-state index in [1.165, 1.54) is 7.11 Å². The van der Waals surface area contributed by atoms with E-state index in [4.69, 9.17) is 16.9 Å². The second kappa shape index (κ2) is 12.3. The Labute approximate surface area is 160 Å². The van der Waals surface area contributed by atoms with Gasteiger partial charge in [0.05, 0.1) is 25.8 Å². The molecule has 1 amide bonds. The predicted molar refractivity (Wildman–Crippen MR) is 102 cm³/mol. The summed E-state index contributed by atoms with van der Waals surface area (Å²) in [5.41, 5.74) is 20.7. The summed E-state index contributed by atoms with van der Waals surface area (Å²) in [6.07, 6.45) is 0. The van der Waals surface area contributed by atoms with Crippen molar-refractivity contribution in [2.24, 2.45) is 16.1 Å². The molecule has 0 aliphatic rings. The molecule has 2 aromatic rings. The molecular weight excluding hydrogens is 364 g/mol. The Morgan fingerprint density at radius 3 is 1.96 bits per heavy atom. The third-order valence-corrected chi connectivity index (χ3v) is 3.30. The minimum atomic E-state index is -0.396. The van der Waals surface area contributed by atoms with Gasteiger partial charge in [-0.2, -0.15) is 0 Å². The van der Waals surface area contributed by atoms with E-state index in [-0.39, 0.29) is 19.0 Å². The minimum absolute atomic E-state index is 0.224. The summed E-state index contributed by atoms with van der Waals surface area (Å²) < 4.78 is 4.55. The predicted octanol–water partition coefficient (Wildman–Crippen LogP) is 3.38. The summed E-state index contributed by atoms with van der Waals surface area (Å²) in [5.74, 6) is 4.21. The first kappa shape index (κ1) is 22.0. The van der Waals surface area contributed by atoms with Gasteiger partial charge in [-0.15, -0.1) is 0 Å². The van der Waals surface area contributed by atoms with Gasteiger partial charge in [-0.05, 0) is 46.5 Å². The maximum absolute atomic E-state index is 11.1. The summed E-state index contributed by atoms with van der Waals surface area (Å²) in [4.78, 5) is 27.5. The highest BCUT2D eigenvalue weighted by Gasteiger charge is 2.04. The number of ether oxygens (including phenoxy) is 1. The van der Waals surface area contributed by atoms with E-state index in [0.29, 0.717) is 11.1 Å². The summed E-state index contributed by atoms with van der Waals surface area (Å²) in [5, 5.41) is 6.78. The zero-order valence-electron chi connectivity index (χ0n) is 15.0. The molecule has 0 aliphatic heterocycles. The number of azide groups is 2. The zero-order valence-corrected chi connectivity index (χ0v) is 15.0. The molecule has 0 unspecified atom stereocenters. The highest BCUT2D eigenvalue weighted by atomic mass is 16.5. The normalized spacial score (nSPS) is 8.93. The van der Waals surface area contributed by atoms with Crippen LogP contribution in [0.15, 0.2) is 58.8 Å². The average molecular weight is 382 g/mol. The molecule has 0 fully saturated rings. The van der Waals surface area contributed by atoms with Crippen LogP contribution < -0.4 is 11.3 Å². The van der Waals surface area contributed by atoms with Crippen molar-refractivity contribution >= 4 is 11.9 Å². The third kappa shape index (κ3) is 7.46. The Hall–Kier alpha value is -4.04. The Kier molecular flexibility index (Phi) is 9.69. The second-order valence-electron chi connectivity index (χ2n) is 5.14. The molecule has 3 N–H and O–H groups in total. The van der Waals surface area contributed by atoms with E-state index >= 15 is 0 Å². The molecule has 0 bridgehead atoms. The van der Waals surface area contributed by atoms with Crippen LogP contribution in [0.3, 0.4) is 0 Å². The van der Waals surface area contributed by atoms with Gasteiger partial charge in [-0.1, -0.05) is 34.5 Å². The van der Waals surface area contributed by atoms with Crippen LogP contribution in [0.5, 0.6) is 0 Å². The smallest absolute Gasteiger partial charge is 0.337 e. The first-order valence-electron chi connectivity index (χ1n) is 7.84. The van der Waals surface area contributed by atoms with Gasteiger partial charge < -0.3 is 4.74 Å². The number of benzene rings is 2. The number of hydrazine groups is 1. The van der Waals surface area contributed by atoms with Gasteiger partial charge in [-0.25, -0.2) is 10.6 Å². The van der Waals surface area contributed by atoms with Crippen LogP contribution in [0.2, 0.25) is 0 Å². The zero-order chi connectivity index (χ0) is 20.8. The summed E-state index contributed by atoms with van der Waals surface area (Å²) >= 11 is 0. The summed E-state index contributed by atoms with van der Waals surface area (Å²) in [7, 11) is 1.32. The van der Waals surface area contributed by atoms with Gasteiger partial charge >= 0.3 is 5.97 Å². The van der Waals surface area contributed by atoms with Crippen LogP contribution in [0.25, 0.3) is 20.9 Å². The number of carbonyl (C=O) groups is 2. The molecule has 0 radical (unpaired) electrons. The largest absolute Gasteiger partial charge is 0.465 e. The first-order chi connectivity index (χ1) is 13.5. The fourth-order valence-corrected chi connectivity index (χ4v) is 2.04. The van der Waals surface area contributed by atoms with Crippen LogP contribution >= 0.6 is 0 Å².